The van der Waals surface area contributed by atoms with E-state index in [0.717, 1.165) is 10.9 Å². The second kappa shape index (κ2) is 6.27. The van der Waals surface area contributed by atoms with E-state index in [0.29, 0.717) is 43.1 Å². The third-order valence-electron chi connectivity index (χ3n) is 5.71. The maximum atomic E-state index is 13.4. The molecule has 0 radical (unpaired) electrons. The molecule has 138 valence electrons. The lowest BCUT2D eigenvalue weighted by Gasteiger charge is -2.33. The van der Waals surface area contributed by atoms with Crippen LogP contribution in [0.1, 0.15) is 36.7 Å². The first-order valence-corrected chi connectivity index (χ1v) is 9.28. The number of hydrogen-bond donors (Lipinski definition) is 2. The van der Waals surface area contributed by atoms with E-state index in [-0.39, 0.29) is 17.2 Å². The van der Waals surface area contributed by atoms with Crippen molar-refractivity contribution in [3.05, 3.63) is 35.0 Å². The third-order valence-corrected chi connectivity index (χ3v) is 5.94. The number of H-pyrrole nitrogens is 1. The minimum Gasteiger partial charge on any atom is -0.351 e. The topological polar surface area (TPSA) is 65.2 Å². The van der Waals surface area contributed by atoms with Crippen molar-refractivity contribution in [2.24, 2.45) is 5.41 Å². The van der Waals surface area contributed by atoms with Crippen LogP contribution in [0, 0.1) is 5.41 Å². The minimum absolute atomic E-state index is 0.122. The molecule has 1 spiro atoms. The number of aromatic amines is 1. The van der Waals surface area contributed by atoms with Gasteiger partial charge in [0, 0.05) is 34.4 Å². The zero-order chi connectivity index (χ0) is 18.5. The monoisotopic (exact) mass is 377 g/mol. The Bertz CT molecular complexity index is 873. The number of piperidine rings is 1. The van der Waals surface area contributed by atoms with Gasteiger partial charge in [0.1, 0.15) is 17.9 Å². The summed E-state index contributed by atoms with van der Waals surface area (Å²) in [5.41, 5.74) is 1.03. The van der Waals surface area contributed by atoms with Gasteiger partial charge in [-0.1, -0.05) is 11.6 Å². The van der Waals surface area contributed by atoms with E-state index < -0.39 is 12.2 Å². The standard InChI is InChI=1S/C19H21ClFN3O2/c1-11(18(26)24-6-4-19(5-7-24)10-16(19)21)22-17(25)15-9-12-8-13(20)2-3-14(12)23-15/h2-3,8-9,11,16,23H,4-7,10H2,1H3,(H,22,25)/t11-,16-/m1/s1. The summed E-state index contributed by atoms with van der Waals surface area (Å²) in [5.74, 6) is -0.457. The van der Waals surface area contributed by atoms with Crippen LogP contribution in [0.2, 0.25) is 5.02 Å². The smallest absolute Gasteiger partial charge is 0.268 e. The minimum atomic E-state index is -0.701. The lowest BCUT2D eigenvalue weighted by Crippen LogP contribution is -2.49. The molecule has 2 N–H and O–H groups in total. The molecule has 1 aromatic carbocycles. The third kappa shape index (κ3) is 3.07. The molecule has 1 aromatic heterocycles. The van der Waals surface area contributed by atoms with Gasteiger partial charge in [-0.2, -0.15) is 0 Å². The van der Waals surface area contributed by atoms with E-state index in [2.05, 4.69) is 10.3 Å². The van der Waals surface area contributed by atoms with Crippen molar-refractivity contribution in [1.29, 1.82) is 0 Å². The molecule has 1 aliphatic carbocycles. The molecule has 2 fully saturated rings. The second-order valence-corrected chi connectivity index (χ2v) is 7.91. The van der Waals surface area contributed by atoms with Gasteiger partial charge in [0.25, 0.3) is 5.91 Å². The van der Waals surface area contributed by atoms with Crippen LogP contribution in [0.25, 0.3) is 10.9 Å². The number of halogens is 2. The van der Waals surface area contributed by atoms with Crippen molar-refractivity contribution in [3.8, 4) is 0 Å². The quantitative estimate of drug-likeness (QED) is 0.862. The average Bonchev–Trinajstić information content (AvgIpc) is 3.05. The number of hydrogen-bond acceptors (Lipinski definition) is 2. The summed E-state index contributed by atoms with van der Waals surface area (Å²) in [7, 11) is 0. The summed E-state index contributed by atoms with van der Waals surface area (Å²) in [5, 5.41) is 4.18. The number of fused-ring (bicyclic) bond motifs is 1. The zero-order valence-electron chi connectivity index (χ0n) is 14.5. The number of alkyl halides is 1. The van der Waals surface area contributed by atoms with Gasteiger partial charge in [0.05, 0.1) is 0 Å². The van der Waals surface area contributed by atoms with E-state index >= 15 is 0 Å². The van der Waals surface area contributed by atoms with Gasteiger partial charge in [-0.05, 0) is 50.5 Å². The predicted molar refractivity (Wildman–Crippen MR) is 98.0 cm³/mol. The Hall–Kier alpha value is -2.08. The maximum Gasteiger partial charge on any atom is 0.268 e. The van der Waals surface area contributed by atoms with Crippen LogP contribution in [-0.4, -0.2) is 47.0 Å². The molecular formula is C19H21ClFN3O2. The van der Waals surface area contributed by atoms with Crippen molar-refractivity contribution >= 4 is 34.3 Å². The first-order valence-electron chi connectivity index (χ1n) is 8.90. The molecule has 2 heterocycles. The number of nitrogens with one attached hydrogen (secondary N) is 2. The number of carbonyl (C=O) groups is 2. The first-order chi connectivity index (χ1) is 12.4. The van der Waals surface area contributed by atoms with E-state index in [1.165, 1.54) is 0 Å². The van der Waals surface area contributed by atoms with Crippen molar-refractivity contribution in [3.63, 3.8) is 0 Å². The van der Waals surface area contributed by atoms with Gasteiger partial charge in [-0.3, -0.25) is 9.59 Å². The number of rotatable bonds is 3. The molecule has 2 atom stereocenters. The van der Waals surface area contributed by atoms with Crippen LogP contribution in [0.5, 0.6) is 0 Å². The largest absolute Gasteiger partial charge is 0.351 e. The summed E-state index contributed by atoms with van der Waals surface area (Å²) < 4.78 is 13.4. The first kappa shape index (κ1) is 17.3. The van der Waals surface area contributed by atoms with E-state index in [1.54, 1.807) is 30.0 Å². The van der Waals surface area contributed by atoms with Crippen LogP contribution in [-0.2, 0) is 4.79 Å². The molecule has 0 bridgehead atoms. The number of benzene rings is 1. The normalized spacial score (nSPS) is 22.4. The fourth-order valence-corrected chi connectivity index (χ4v) is 4.00. The number of aromatic nitrogens is 1. The van der Waals surface area contributed by atoms with Crippen molar-refractivity contribution in [1.82, 2.24) is 15.2 Å². The summed E-state index contributed by atoms with van der Waals surface area (Å²) in [4.78, 5) is 29.8. The van der Waals surface area contributed by atoms with Crippen LogP contribution in [0.4, 0.5) is 4.39 Å². The Balaban J connectivity index is 1.38. The highest BCUT2D eigenvalue weighted by Gasteiger charge is 2.56. The molecule has 4 rings (SSSR count). The summed E-state index contributed by atoms with van der Waals surface area (Å²) in [6.45, 7) is 2.80. The van der Waals surface area contributed by atoms with Crippen LogP contribution >= 0.6 is 11.6 Å². The maximum absolute atomic E-state index is 13.4. The van der Waals surface area contributed by atoms with Crippen molar-refractivity contribution < 1.29 is 14.0 Å². The molecule has 2 aliphatic rings. The molecule has 26 heavy (non-hydrogen) atoms. The molecule has 7 heteroatoms. The molecule has 2 amide bonds. The number of carbonyl (C=O) groups excluding carboxylic acids is 2. The van der Waals surface area contributed by atoms with Crippen LogP contribution in [0.3, 0.4) is 0 Å². The Morgan fingerprint density at radius 2 is 2.04 bits per heavy atom. The number of nitrogens with zero attached hydrogens (tertiary/aromatic N) is 1. The molecule has 1 aliphatic heterocycles. The molecule has 2 aromatic rings. The molecule has 5 nitrogen and oxygen atoms in total. The van der Waals surface area contributed by atoms with Gasteiger partial charge in [-0.25, -0.2) is 4.39 Å². The predicted octanol–water partition coefficient (Wildman–Crippen LogP) is 3.29. The van der Waals surface area contributed by atoms with Gasteiger partial charge in [-0.15, -0.1) is 0 Å². The summed E-state index contributed by atoms with van der Waals surface area (Å²) >= 11 is 5.96. The van der Waals surface area contributed by atoms with Gasteiger partial charge < -0.3 is 15.2 Å². The Morgan fingerprint density at radius 3 is 2.69 bits per heavy atom. The second-order valence-electron chi connectivity index (χ2n) is 7.47. The molecule has 0 unspecified atom stereocenters. The number of amides is 2. The summed E-state index contributed by atoms with van der Waals surface area (Å²) in [6.07, 6.45) is 1.35. The van der Waals surface area contributed by atoms with Gasteiger partial charge in [0.2, 0.25) is 5.91 Å². The van der Waals surface area contributed by atoms with E-state index in [4.69, 9.17) is 11.6 Å². The zero-order valence-corrected chi connectivity index (χ0v) is 15.3. The van der Waals surface area contributed by atoms with Crippen LogP contribution in [0.15, 0.2) is 24.3 Å². The Kier molecular flexibility index (Phi) is 4.18. The SMILES string of the molecule is C[C@@H](NC(=O)c1cc2cc(Cl)ccc2[nH]1)C(=O)N1CCC2(CC1)C[C@H]2F. The van der Waals surface area contributed by atoms with Gasteiger partial charge in [0.15, 0.2) is 0 Å². The Labute approximate surface area is 155 Å². The van der Waals surface area contributed by atoms with E-state index in [1.807, 2.05) is 6.07 Å². The fraction of sp³-hybridized carbons (Fsp3) is 0.474. The van der Waals surface area contributed by atoms with E-state index in [9.17, 15) is 14.0 Å². The molecule has 1 saturated heterocycles. The van der Waals surface area contributed by atoms with Crippen molar-refractivity contribution in [2.75, 3.05) is 13.1 Å². The lowest BCUT2D eigenvalue weighted by atomic mass is 9.93. The highest BCUT2D eigenvalue weighted by molar-refractivity contribution is 6.31. The molecular weight excluding hydrogens is 357 g/mol. The number of likely N-dealkylation sites (tertiary alicyclic amines) is 1. The van der Waals surface area contributed by atoms with Gasteiger partial charge >= 0.3 is 0 Å². The highest BCUT2D eigenvalue weighted by atomic mass is 35.5. The fourth-order valence-electron chi connectivity index (χ4n) is 3.82. The lowest BCUT2D eigenvalue weighted by molar-refractivity contribution is -0.134. The highest BCUT2D eigenvalue weighted by Crippen LogP contribution is 2.55. The Morgan fingerprint density at radius 1 is 1.35 bits per heavy atom. The van der Waals surface area contributed by atoms with Crippen LogP contribution < -0.4 is 5.32 Å². The van der Waals surface area contributed by atoms with Crippen molar-refractivity contribution in [2.45, 2.75) is 38.4 Å². The average molecular weight is 378 g/mol. The summed E-state index contributed by atoms with van der Waals surface area (Å²) in [6, 6.07) is 6.42. The molecule has 1 saturated carbocycles.